The largest absolute Gasteiger partial charge is 0.321 e. The molecule has 0 aromatic heterocycles. The Morgan fingerprint density at radius 3 is 2.68 bits per heavy atom. The van der Waals surface area contributed by atoms with E-state index in [1.54, 1.807) is 30.3 Å². The van der Waals surface area contributed by atoms with Crippen LogP contribution in [0.1, 0.15) is 11.1 Å². The quantitative estimate of drug-likeness (QED) is 0.330. The van der Waals surface area contributed by atoms with Crippen molar-refractivity contribution in [1.29, 1.82) is 5.26 Å². The van der Waals surface area contributed by atoms with Gasteiger partial charge in [0.2, 0.25) is 0 Å². The van der Waals surface area contributed by atoms with Crippen molar-refractivity contribution in [2.24, 2.45) is 0 Å². The Morgan fingerprint density at radius 1 is 1.36 bits per heavy atom. The van der Waals surface area contributed by atoms with Crippen molar-refractivity contribution in [2.45, 2.75) is 6.92 Å². The monoisotopic (exact) mass is 419 g/mol. The van der Waals surface area contributed by atoms with Crippen LogP contribution in [-0.2, 0) is 4.79 Å². The number of benzene rings is 2. The average molecular weight is 421 g/mol. The van der Waals surface area contributed by atoms with Crippen molar-refractivity contribution in [2.75, 3.05) is 5.32 Å². The third-order valence-corrected chi connectivity index (χ3v) is 4.35. The van der Waals surface area contributed by atoms with E-state index in [4.69, 9.17) is 11.6 Å². The lowest BCUT2D eigenvalue weighted by atomic mass is 10.1. The number of nitro groups is 1. The lowest BCUT2D eigenvalue weighted by molar-refractivity contribution is -0.385. The van der Waals surface area contributed by atoms with Gasteiger partial charge in [-0.2, -0.15) is 5.26 Å². The molecule has 2 rings (SSSR count). The summed E-state index contributed by atoms with van der Waals surface area (Å²) in [7, 11) is 0. The molecule has 0 heterocycles. The van der Waals surface area contributed by atoms with Crippen molar-refractivity contribution < 1.29 is 9.72 Å². The number of anilines is 1. The molecule has 0 saturated heterocycles. The lowest BCUT2D eigenvalue weighted by Crippen LogP contribution is -2.13. The average Bonchev–Trinajstić information content (AvgIpc) is 2.57. The number of nitrogens with one attached hydrogen (secondary N) is 1. The fourth-order valence-electron chi connectivity index (χ4n) is 1.94. The molecule has 0 saturated carbocycles. The van der Waals surface area contributed by atoms with E-state index in [0.29, 0.717) is 20.7 Å². The summed E-state index contributed by atoms with van der Waals surface area (Å²) in [6.07, 6.45) is 1.28. The molecule has 2 aromatic rings. The number of nitrogens with zero attached hydrogens (tertiary/aromatic N) is 2. The summed E-state index contributed by atoms with van der Waals surface area (Å²) in [4.78, 5) is 22.6. The first-order chi connectivity index (χ1) is 11.8. The second-order valence-electron chi connectivity index (χ2n) is 5.06. The molecule has 0 bridgehead atoms. The molecule has 0 fully saturated rings. The molecule has 0 radical (unpaired) electrons. The van der Waals surface area contributed by atoms with E-state index in [0.717, 1.165) is 5.56 Å². The Kier molecular flexibility index (Phi) is 5.91. The zero-order valence-corrected chi connectivity index (χ0v) is 15.3. The first kappa shape index (κ1) is 18.6. The summed E-state index contributed by atoms with van der Waals surface area (Å²) in [5.41, 5.74) is 1.33. The predicted molar refractivity (Wildman–Crippen MR) is 99.2 cm³/mol. The Hall–Kier alpha value is -2.69. The van der Waals surface area contributed by atoms with Gasteiger partial charge in [-0.25, -0.2) is 0 Å². The van der Waals surface area contributed by atoms with Gasteiger partial charge in [-0.05, 0) is 58.3 Å². The van der Waals surface area contributed by atoms with Crippen LogP contribution in [0.5, 0.6) is 0 Å². The molecule has 25 heavy (non-hydrogen) atoms. The lowest BCUT2D eigenvalue weighted by Gasteiger charge is -2.06. The summed E-state index contributed by atoms with van der Waals surface area (Å²) >= 11 is 9.08. The first-order valence-corrected chi connectivity index (χ1v) is 8.12. The van der Waals surface area contributed by atoms with Crippen LogP contribution in [0.4, 0.5) is 11.4 Å². The summed E-state index contributed by atoms with van der Waals surface area (Å²) in [6.45, 7) is 1.83. The van der Waals surface area contributed by atoms with Crippen LogP contribution >= 0.6 is 27.5 Å². The molecular weight excluding hydrogens is 410 g/mol. The molecule has 1 N–H and O–H groups in total. The topological polar surface area (TPSA) is 96.0 Å². The number of nitro benzene ring substituents is 1. The fraction of sp³-hybridized carbons (Fsp3) is 0.0588. The minimum Gasteiger partial charge on any atom is -0.321 e. The number of amides is 1. The van der Waals surface area contributed by atoms with E-state index in [1.807, 2.05) is 6.92 Å². The van der Waals surface area contributed by atoms with Gasteiger partial charge in [0.05, 0.1) is 9.40 Å². The standard InChI is InChI=1S/C17H11BrClN3O3/c1-10-2-4-13(8-15(10)19)21-17(23)12(9-20)6-11-3-5-14(18)16(7-11)22(24)25/h2-8H,1H3,(H,21,23)/b12-6+. The molecule has 126 valence electrons. The number of carbonyl (C=O) groups is 1. The maximum Gasteiger partial charge on any atom is 0.284 e. The maximum atomic E-state index is 12.2. The highest BCUT2D eigenvalue weighted by molar-refractivity contribution is 9.10. The number of aryl methyl sites for hydroxylation is 1. The van der Waals surface area contributed by atoms with E-state index < -0.39 is 10.8 Å². The van der Waals surface area contributed by atoms with Crippen LogP contribution < -0.4 is 5.32 Å². The van der Waals surface area contributed by atoms with Gasteiger partial charge in [0.15, 0.2) is 0 Å². The van der Waals surface area contributed by atoms with Crippen molar-refractivity contribution in [3.05, 3.63) is 72.7 Å². The second-order valence-corrected chi connectivity index (χ2v) is 6.32. The van der Waals surface area contributed by atoms with Crippen molar-refractivity contribution in [3.63, 3.8) is 0 Å². The summed E-state index contributed by atoms with van der Waals surface area (Å²) in [6, 6.07) is 11.1. The molecular formula is C17H11BrClN3O3. The molecule has 0 aliphatic heterocycles. The maximum absolute atomic E-state index is 12.2. The molecule has 0 aliphatic rings. The van der Waals surface area contributed by atoms with Crippen molar-refractivity contribution >= 4 is 50.9 Å². The normalized spacial score (nSPS) is 10.9. The molecule has 0 aliphatic carbocycles. The minimum atomic E-state index is -0.631. The highest BCUT2D eigenvalue weighted by Crippen LogP contribution is 2.27. The highest BCUT2D eigenvalue weighted by Gasteiger charge is 2.14. The number of hydrogen-bond acceptors (Lipinski definition) is 4. The van der Waals surface area contributed by atoms with Gasteiger partial charge in [0.25, 0.3) is 11.6 Å². The van der Waals surface area contributed by atoms with Crippen molar-refractivity contribution in [3.8, 4) is 6.07 Å². The van der Waals surface area contributed by atoms with E-state index in [1.165, 1.54) is 18.2 Å². The van der Waals surface area contributed by atoms with E-state index in [-0.39, 0.29) is 11.3 Å². The zero-order valence-electron chi connectivity index (χ0n) is 12.9. The van der Waals surface area contributed by atoms with Crippen LogP contribution in [0, 0.1) is 28.4 Å². The summed E-state index contributed by atoms with van der Waals surface area (Å²) in [5, 5.41) is 23.2. The van der Waals surface area contributed by atoms with Crippen molar-refractivity contribution in [1.82, 2.24) is 0 Å². The van der Waals surface area contributed by atoms with Gasteiger partial charge in [0, 0.05) is 16.8 Å². The van der Waals surface area contributed by atoms with Crippen LogP contribution in [0.15, 0.2) is 46.4 Å². The molecule has 1 amide bonds. The van der Waals surface area contributed by atoms with Gasteiger partial charge >= 0.3 is 0 Å². The zero-order chi connectivity index (χ0) is 18.6. The Labute approximate surface area is 157 Å². The number of carbonyl (C=O) groups excluding carboxylic acids is 1. The molecule has 6 nitrogen and oxygen atoms in total. The fourth-order valence-corrected chi connectivity index (χ4v) is 2.52. The van der Waals surface area contributed by atoms with Crippen LogP contribution in [0.3, 0.4) is 0 Å². The van der Waals surface area contributed by atoms with Crippen LogP contribution in [-0.4, -0.2) is 10.8 Å². The smallest absolute Gasteiger partial charge is 0.284 e. The van der Waals surface area contributed by atoms with Crippen LogP contribution in [0.2, 0.25) is 5.02 Å². The van der Waals surface area contributed by atoms with Gasteiger partial charge < -0.3 is 5.32 Å². The molecule has 0 spiro atoms. The molecule has 0 atom stereocenters. The van der Waals surface area contributed by atoms with Gasteiger partial charge in [0.1, 0.15) is 11.6 Å². The number of rotatable bonds is 4. The van der Waals surface area contributed by atoms with E-state index >= 15 is 0 Å². The first-order valence-electron chi connectivity index (χ1n) is 6.95. The van der Waals surface area contributed by atoms with E-state index in [9.17, 15) is 20.2 Å². The number of hydrogen-bond donors (Lipinski definition) is 1. The highest BCUT2D eigenvalue weighted by atomic mass is 79.9. The second kappa shape index (κ2) is 7.92. The van der Waals surface area contributed by atoms with Crippen LogP contribution in [0.25, 0.3) is 6.08 Å². The van der Waals surface area contributed by atoms with Gasteiger partial charge in [-0.1, -0.05) is 23.7 Å². The van der Waals surface area contributed by atoms with Gasteiger partial charge in [-0.3, -0.25) is 14.9 Å². The van der Waals surface area contributed by atoms with E-state index in [2.05, 4.69) is 21.2 Å². The summed E-state index contributed by atoms with van der Waals surface area (Å²) in [5.74, 6) is -0.631. The third-order valence-electron chi connectivity index (χ3n) is 3.27. The molecule has 2 aromatic carbocycles. The Balaban J connectivity index is 2.29. The molecule has 8 heteroatoms. The van der Waals surface area contributed by atoms with Gasteiger partial charge in [-0.15, -0.1) is 0 Å². The minimum absolute atomic E-state index is 0.156. The Bertz CT molecular complexity index is 935. The Morgan fingerprint density at radius 2 is 2.08 bits per heavy atom. The SMILES string of the molecule is Cc1ccc(NC(=O)/C(C#N)=C/c2ccc(Br)c([N+](=O)[O-])c2)cc1Cl. The number of nitriles is 1. The predicted octanol–water partition coefficient (Wildman–Crippen LogP) is 4.86. The summed E-state index contributed by atoms with van der Waals surface area (Å²) < 4.78 is 0.312. The third kappa shape index (κ3) is 4.66. The molecule has 0 unspecified atom stereocenters. The number of halogens is 2.